The van der Waals surface area contributed by atoms with Crippen molar-refractivity contribution in [1.29, 1.82) is 0 Å². The van der Waals surface area contributed by atoms with Gasteiger partial charge in [0, 0.05) is 35.2 Å². The summed E-state index contributed by atoms with van der Waals surface area (Å²) in [5, 5.41) is 32.4. The molecule has 0 unspecified atom stereocenters. The lowest BCUT2D eigenvalue weighted by Crippen LogP contribution is -2.05. The largest absolute Gasteiger partial charge is 0.507 e. The molecular weight excluding hydrogens is 420 g/mol. The summed E-state index contributed by atoms with van der Waals surface area (Å²) in [6.07, 6.45) is 14.9. The first kappa shape index (κ1) is 26.0. The first-order chi connectivity index (χ1) is 16.7. The van der Waals surface area contributed by atoms with Crippen molar-refractivity contribution in [3.8, 4) is 11.5 Å². The zero-order chi connectivity index (χ0) is 24.2. The smallest absolute Gasteiger partial charge is 0.133 e. The van der Waals surface area contributed by atoms with E-state index < -0.39 is 0 Å². The van der Waals surface area contributed by atoms with Gasteiger partial charge >= 0.3 is 0 Å². The molecule has 3 aromatic carbocycles. The monoisotopic (exact) mass is 464 g/mol. The Morgan fingerprint density at radius 3 is 1.32 bits per heavy atom. The van der Waals surface area contributed by atoms with Crippen LogP contribution in [0, 0.1) is 0 Å². The molecule has 0 spiro atoms. The first-order valence-corrected chi connectivity index (χ1v) is 13.6. The van der Waals surface area contributed by atoms with Crippen LogP contribution in [0.4, 0.5) is 11.4 Å². The van der Waals surface area contributed by atoms with Gasteiger partial charge in [-0.05, 0) is 25.0 Å². The third-order valence-corrected chi connectivity index (χ3v) is 6.81. The number of fused-ring (bicyclic) bond motifs is 2. The molecule has 0 amide bonds. The molecule has 0 aliphatic rings. The van der Waals surface area contributed by atoms with Gasteiger partial charge in [-0.2, -0.15) is 0 Å². The summed E-state index contributed by atoms with van der Waals surface area (Å²) >= 11 is 0. The highest BCUT2D eigenvalue weighted by Gasteiger charge is 2.18. The zero-order valence-electron chi connectivity index (χ0n) is 21.3. The number of hydrogen-bond donors (Lipinski definition) is 4. The van der Waals surface area contributed by atoms with Crippen LogP contribution in [0.3, 0.4) is 0 Å². The molecule has 0 saturated carbocycles. The van der Waals surface area contributed by atoms with Crippen LogP contribution in [-0.2, 0) is 0 Å². The Hall–Kier alpha value is -2.62. The third-order valence-electron chi connectivity index (χ3n) is 6.81. The number of unbranched alkanes of at least 4 members (excludes halogenated alkanes) is 10. The third kappa shape index (κ3) is 6.71. The maximum Gasteiger partial charge on any atom is 0.133 e. The van der Waals surface area contributed by atoms with E-state index in [9.17, 15) is 10.2 Å². The van der Waals surface area contributed by atoms with Gasteiger partial charge in [0.2, 0.25) is 0 Å². The van der Waals surface area contributed by atoms with E-state index in [1.807, 2.05) is 36.4 Å². The quantitative estimate of drug-likeness (QED) is 0.0970. The molecule has 0 bridgehead atoms. The minimum atomic E-state index is 0.233. The van der Waals surface area contributed by atoms with Crippen LogP contribution in [0.25, 0.3) is 21.5 Å². The van der Waals surface area contributed by atoms with E-state index in [1.54, 1.807) is 0 Å². The van der Waals surface area contributed by atoms with Crippen LogP contribution in [0.1, 0.15) is 90.9 Å². The van der Waals surface area contributed by atoms with Crippen molar-refractivity contribution in [3.05, 3.63) is 36.4 Å². The summed E-state index contributed by atoms with van der Waals surface area (Å²) in [5.41, 5.74) is 1.76. The van der Waals surface area contributed by atoms with Crippen molar-refractivity contribution < 1.29 is 10.2 Å². The summed E-state index contributed by atoms with van der Waals surface area (Å²) in [7, 11) is 0. The molecule has 4 N–H and O–H groups in total. The number of anilines is 2. The number of phenolic OH excluding ortho intramolecular Hbond substituents is 2. The van der Waals surface area contributed by atoms with E-state index in [0.29, 0.717) is 21.5 Å². The average molecular weight is 465 g/mol. The van der Waals surface area contributed by atoms with E-state index in [2.05, 4.69) is 24.5 Å². The van der Waals surface area contributed by atoms with E-state index in [-0.39, 0.29) is 11.5 Å². The topological polar surface area (TPSA) is 64.5 Å². The van der Waals surface area contributed by atoms with Crippen molar-refractivity contribution in [2.45, 2.75) is 90.9 Å². The molecule has 0 aliphatic heterocycles. The van der Waals surface area contributed by atoms with Gasteiger partial charge in [0.1, 0.15) is 11.5 Å². The van der Waals surface area contributed by atoms with Crippen molar-refractivity contribution in [1.82, 2.24) is 0 Å². The van der Waals surface area contributed by atoms with Crippen molar-refractivity contribution >= 4 is 32.9 Å². The molecule has 0 fully saturated rings. The Morgan fingerprint density at radius 2 is 0.912 bits per heavy atom. The Kier molecular flexibility index (Phi) is 10.7. The van der Waals surface area contributed by atoms with Gasteiger partial charge in [0.05, 0.1) is 10.8 Å². The second-order valence-electron chi connectivity index (χ2n) is 9.54. The molecule has 186 valence electrons. The second kappa shape index (κ2) is 13.9. The molecule has 34 heavy (non-hydrogen) atoms. The van der Waals surface area contributed by atoms with Crippen LogP contribution in [0.15, 0.2) is 36.4 Å². The van der Waals surface area contributed by atoms with Gasteiger partial charge in [-0.1, -0.05) is 102 Å². The maximum atomic E-state index is 11.3. The second-order valence-corrected chi connectivity index (χ2v) is 9.54. The highest BCUT2D eigenvalue weighted by Crippen LogP contribution is 2.47. The van der Waals surface area contributed by atoms with E-state index >= 15 is 0 Å². The zero-order valence-corrected chi connectivity index (χ0v) is 21.3. The number of nitrogens with one attached hydrogen (secondary N) is 2. The van der Waals surface area contributed by atoms with E-state index in [4.69, 9.17) is 0 Å². The summed E-state index contributed by atoms with van der Waals surface area (Å²) in [6, 6.07) is 11.6. The molecule has 0 saturated heterocycles. The summed E-state index contributed by atoms with van der Waals surface area (Å²) in [6.45, 7) is 6.20. The van der Waals surface area contributed by atoms with Gasteiger partial charge in [0.15, 0.2) is 0 Å². The molecule has 0 heterocycles. The molecule has 3 rings (SSSR count). The number of rotatable bonds is 16. The fourth-order valence-corrected chi connectivity index (χ4v) is 4.81. The highest BCUT2D eigenvalue weighted by molar-refractivity contribution is 6.18. The van der Waals surface area contributed by atoms with Crippen LogP contribution in [0.5, 0.6) is 11.5 Å². The molecule has 0 atom stereocenters. The van der Waals surface area contributed by atoms with E-state index in [0.717, 1.165) is 37.3 Å². The first-order valence-electron chi connectivity index (χ1n) is 13.6. The van der Waals surface area contributed by atoms with Crippen LogP contribution >= 0.6 is 0 Å². The molecule has 4 heteroatoms. The number of phenols is 2. The highest BCUT2D eigenvalue weighted by atomic mass is 16.3. The van der Waals surface area contributed by atoms with Crippen molar-refractivity contribution in [3.63, 3.8) is 0 Å². The Balaban J connectivity index is 1.79. The van der Waals surface area contributed by atoms with Crippen LogP contribution in [0.2, 0.25) is 0 Å². The molecule has 4 nitrogen and oxygen atoms in total. The summed E-state index contributed by atoms with van der Waals surface area (Å²) in [5.74, 6) is 0.467. The number of hydrogen-bond acceptors (Lipinski definition) is 4. The Bertz CT molecular complexity index is 949. The fraction of sp³-hybridized carbons (Fsp3) is 0.533. The SMILES string of the molecule is CCCCCCCCNc1ccc(NCCCCCCCC)c2c(O)c3ccccc3c(O)c12. The van der Waals surface area contributed by atoms with E-state index in [1.165, 1.54) is 64.2 Å². The molecular formula is C30H44N2O2. The van der Waals surface area contributed by atoms with Crippen molar-refractivity contribution in [2.24, 2.45) is 0 Å². The predicted molar refractivity (Wildman–Crippen MR) is 149 cm³/mol. The molecule has 0 aliphatic carbocycles. The summed E-state index contributed by atoms with van der Waals surface area (Å²) in [4.78, 5) is 0. The van der Waals surface area contributed by atoms with Gasteiger partial charge in [-0.3, -0.25) is 0 Å². The van der Waals surface area contributed by atoms with Crippen LogP contribution < -0.4 is 10.6 Å². The molecule has 0 radical (unpaired) electrons. The van der Waals surface area contributed by atoms with Gasteiger partial charge in [0.25, 0.3) is 0 Å². The molecule has 3 aromatic rings. The van der Waals surface area contributed by atoms with Crippen molar-refractivity contribution in [2.75, 3.05) is 23.7 Å². The maximum absolute atomic E-state index is 11.3. The minimum Gasteiger partial charge on any atom is -0.507 e. The van der Waals surface area contributed by atoms with Crippen LogP contribution in [-0.4, -0.2) is 23.3 Å². The lowest BCUT2D eigenvalue weighted by Gasteiger charge is -2.18. The Morgan fingerprint density at radius 1 is 0.529 bits per heavy atom. The molecule has 0 aromatic heterocycles. The van der Waals surface area contributed by atoms with Gasteiger partial charge in [-0.25, -0.2) is 0 Å². The normalized spacial score (nSPS) is 11.4. The van der Waals surface area contributed by atoms with Gasteiger partial charge < -0.3 is 20.8 Å². The number of aromatic hydroxyl groups is 2. The minimum absolute atomic E-state index is 0.233. The fourth-order valence-electron chi connectivity index (χ4n) is 4.81. The van der Waals surface area contributed by atoms with Gasteiger partial charge in [-0.15, -0.1) is 0 Å². The number of benzene rings is 3. The predicted octanol–water partition coefficient (Wildman–Crippen LogP) is 8.95. The standard InChI is InChI=1S/C30H44N2O2/c1-3-5-7-9-11-15-21-31-25-19-20-26(32-22-16-12-10-8-6-4-2)28-27(25)29(33)23-17-13-14-18-24(23)30(28)34/h13-14,17-20,31-34H,3-12,15-16,21-22H2,1-2H3. The lowest BCUT2D eigenvalue weighted by molar-refractivity contribution is 0.478. The lowest BCUT2D eigenvalue weighted by atomic mass is 9.97. The average Bonchev–Trinajstić information content (AvgIpc) is 2.86. The summed E-state index contributed by atoms with van der Waals surface area (Å²) < 4.78 is 0. The Labute approximate surface area is 205 Å².